The van der Waals surface area contributed by atoms with Gasteiger partial charge in [0.2, 0.25) is 0 Å². The minimum Gasteiger partial charge on any atom is -0.508 e. The smallest absolute Gasteiger partial charge is 0.308 e. The van der Waals surface area contributed by atoms with Crippen molar-refractivity contribution in [3.63, 3.8) is 0 Å². The summed E-state index contributed by atoms with van der Waals surface area (Å²) in [7, 11) is 1.32. The number of phenolic OH excluding ortho intramolecular Hbond substituents is 1. The molecule has 4 nitrogen and oxygen atoms in total. The number of phenols is 1. The molecule has 106 valence electrons. The molecule has 0 aliphatic heterocycles. The number of hydrogen-bond acceptors (Lipinski definition) is 4. The second-order valence-corrected chi connectivity index (χ2v) is 5.18. The van der Waals surface area contributed by atoms with Gasteiger partial charge in [-0.25, -0.2) is 0 Å². The fraction of sp³-hybridized carbons (Fsp3) is 0.533. The number of carbonyl (C=O) groups excluding carboxylic acids is 1. The predicted molar refractivity (Wildman–Crippen MR) is 72.8 cm³/mol. The number of methoxy groups -OCH3 is 1. The maximum atomic E-state index is 11.4. The molecular formula is C15H22O4. The van der Waals surface area contributed by atoms with E-state index in [1.807, 2.05) is 26.0 Å². The molecule has 2 N–H and O–H groups in total. The first-order chi connectivity index (χ1) is 8.87. The lowest BCUT2D eigenvalue weighted by atomic mass is 9.82. The van der Waals surface area contributed by atoms with Gasteiger partial charge in [0, 0.05) is 0 Å². The van der Waals surface area contributed by atoms with E-state index in [1.54, 1.807) is 12.1 Å². The predicted octanol–water partition coefficient (Wildman–Crippen LogP) is 2.28. The first-order valence-electron chi connectivity index (χ1n) is 6.44. The zero-order valence-corrected chi connectivity index (χ0v) is 11.7. The van der Waals surface area contributed by atoms with E-state index in [1.165, 1.54) is 7.11 Å². The Balaban J connectivity index is 2.68. The molecule has 19 heavy (non-hydrogen) atoms. The van der Waals surface area contributed by atoms with Crippen LogP contribution >= 0.6 is 0 Å². The van der Waals surface area contributed by atoms with Crippen molar-refractivity contribution in [2.24, 2.45) is 5.92 Å². The highest BCUT2D eigenvalue weighted by molar-refractivity contribution is 5.70. The summed E-state index contributed by atoms with van der Waals surface area (Å²) >= 11 is 0. The van der Waals surface area contributed by atoms with Crippen molar-refractivity contribution in [2.45, 2.75) is 38.7 Å². The van der Waals surface area contributed by atoms with E-state index in [0.717, 1.165) is 5.56 Å². The standard InChI is InChI=1S/C15H22O4/c1-11(2)15(18,10-14(17)19-3)9-8-12-4-6-13(16)7-5-12/h4-7,11,16,18H,8-10H2,1-3H3/t15-/m0/s1. The van der Waals surface area contributed by atoms with Crippen molar-refractivity contribution in [1.29, 1.82) is 0 Å². The Morgan fingerprint density at radius 1 is 1.32 bits per heavy atom. The Kier molecular flexibility index (Phi) is 5.36. The van der Waals surface area contributed by atoms with Crippen LogP contribution in [0.2, 0.25) is 0 Å². The first kappa shape index (κ1) is 15.5. The molecule has 0 fully saturated rings. The number of esters is 1. The van der Waals surface area contributed by atoms with E-state index in [9.17, 15) is 15.0 Å². The van der Waals surface area contributed by atoms with Crippen molar-refractivity contribution >= 4 is 5.97 Å². The van der Waals surface area contributed by atoms with Crippen LogP contribution in [-0.2, 0) is 16.0 Å². The highest BCUT2D eigenvalue weighted by atomic mass is 16.5. The lowest BCUT2D eigenvalue weighted by molar-refractivity contribution is -0.148. The summed E-state index contributed by atoms with van der Waals surface area (Å²) in [5, 5.41) is 19.8. The van der Waals surface area contributed by atoms with Gasteiger partial charge in [-0.3, -0.25) is 4.79 Å². The fourth-order valence-corrected chi connectivity index (χ4v) is 1.93. The molecule has 0 aliphatic carbocycles. The van der Waals surface area contributed by atoms with Crippen LogP contribution in [0.25, 0.3) is 0 Å². The molecule has 0 unspecified atom stereocenters. The summed E-state index contributed by atoms with van der Waals surface area (Å²) in [5.74, 6) is -0.219. The molecule has 1 rings (SSSR count). The molecule has 1 atom stereocenters. The van der Waals surface area contributed by atoms with Gasteiger partial charge in [-0.2, -0.15) is 0 Å². The highest BCUT2D eigenvalue weighted by Gasteiger charge is 2.33. The number of hydrogen-bond donors (Lipinski definition) is 2. The quantitative estimate of drug-likeness (QED) is 0.775. The molecule has 0 radical (unpaired) electrons. The van der Waals surface area contributed by atoms with Crippen molar-refractivity contribution in [1.82, 2.24) is 0 Å². The molecule has 0 bridgehead atoms. The molecular weight excluding hydrogens is 244 g/mol. The van der Waals surface area contributed by atoms with E-state index in [4.69, 9.17) is 0 Å². The number of benzene rings is 1. The van der Waals surface area contributed by atoms with E-state index < -0.39 is 11.6 Å². The maximum absolute atomic E-state index is 11.4. The van der Waals surface area contributed by atoms with Crippen LogP contribution in [0, 0.1) is 5.92 Å². The Bertz CT molecular complexity index is 411. The number of carbonyl (C=O) groups is 1. The number of aryl methyl sites for hydroxylation is 1. The van der Waals surface area contributed by atoms with Gasteiger partial charge in [0.05, 0.1) is 19.1 Å². The van der Waals surface area contributed by atoms with Crippen LogP contribution in [0.1, 0.15) is 32.3 Å². The summed E-state index contributed by atoms with van der Waals surface area (Å²) in [6.07, 6.45) is 1.12. The monoisotopic (exact) mass is 266 g/mol. The summed E-state index contributed by atoms with van der Waals surface area (Å²) in [6, 6.07) is 6.86. The lowest BCUT2D eigenvalue weighted by Gasteiger charge is -2.31. The normalized spacial score (nSPS) is 14.2. The summed E-state index contributed by atoms with van der Waals surface area (Å²) in [6.45, 7) is 3.78. The second-order valence-electron chi connectivity index (χ2n) is 5.18. The number of aromatic hydroxyl groups is 1. The third-order valence-electron chi connectivity index (χ3n) is 3.54. The second kappa shape index (κ2) is 6.57. The molecule has 1 aromatic rings. The number of rotatable bonds is 6. The largest absolute Gasteiger partial charge is 0.508 e. The van der Waals surface area contributed by atoms with E-state index in [0.29, 0.717) is 12.8 Å². The zero-order chi connectivity index (χ0) is 14.5. The average Bonchev–Trinajstić information content (AvgIpc) is 2.37. The van der Waals surface area contributed by atoms with E-state index >= 15 is 0 Å². The average molecular weight is 266 g/mol. The topological polar surface area (TPSA) is 66.8 Å². The van der Waals surface area contributed by atoms with Gasteiger partial charge >= 0.3 is 5.97 Å². The molecule has 0 saturated carbocycles. The lowest BCUT2D eigenvalue weighted by Crippen LogP contribution is -2.38. The third kappa shape index (κ3) is 4.56. The summed E-state index contributed by atoms with van der Waals surface area (Å²) < 4.78 is 4.63. The van der Waals surface area contributed by atoms with Crippen LogP contribution in [0.15, 0.2) is 24.3 Å². The van der Waals surface area contributed by atoms with Crippen LogP contribution in [0.4, 0.5) is 0 Å². The van der Waals surface area contributed by atoms with Gasteiger partial charge in [-0.15, -0.1) is 0 Å². The van der Waals surface area contributed by atoms with Crippen LogP contribution in [0.5, 0.6) is 5.75 Å². The third-order valence-corrected chi connectivity index (χ3v) is 3.54. The van der Waals surface area contributed by atoms with E-state index in [2.05, 4.69) is 4.74 Å². The van der Waals surface area contributed by atoms with Crippen LogP contribution in [-0.4, -0.2) is 28.9 Å². The Hall–Kier alpha value is -1.55. The molecule has 1 aromatic carbocycles. The van der Waals surface area contributed by atoms with Gasteiger partial charge in [0.25, 0.3) is 0 Å². The van der Waals surface area contributed by atoms with Gasteiger partial charge < -0.3 is 14.9 Å². The first-order valence-corrected chi connectivity index (χ1v) is 6.44. The Morgan fingerprint density at radius 2 is 1.89 bits per heavy atom. The molecule has 0 aliphatic rings. The molecule has 0 saturated heterocycles. The van der Waals surface area contributed by atoms with Crippen LogP contribution in [0.3, 0.4) is 0 Å². The van der Waals surface area contributed by atoms with Gasteiger partial charge in [-0.05, 0) is 36.5 Å². The number of aliphatic hydroxyl groups is 1. The van der Waals surface area contributed by atoms with Crippen molar-refractivity contribution in [3.05, 3.63) is 29.8 Å². The fourth-order valence-electron chi connectivity index (χ4n) is 1.93. The minimum atomic E-state index is -1.06. The molecule has 0 aromatic heterocycles. The Morgan fingerprint density at radius 3 is 2.37 bits per heavy atom. The SMILES string of the molecule is COC(=O)C[C@@](O)(CCc1ccc(O)cc1)C(C)C. The zero-order valence-electron chi connectivity index (χ0n) is 11.7. The van der Waals surface area contributed by atoms with E-state index in [-0.39, 0.29) is 18.1 Å². The molecule has 0 heterocycles. The maximum Gasteiger partial charge on any atom is 0.308 e. The van der Waals surface area contributed by atoms with Gasteiger partial charge in [0.15, 0.2) is 0 Å². The summed E-state index contributed by atoms with van der Waals surface area (Å²) in [5.41, 5.74) is -0.0490. The number of ether oxygens (including phenoxy) is 1. The molecule has 0 amide bonds. The Labute approximate surface area is 114 Å². The van der Waals surface area contributed by atoms with Crippen molar-refractivity contribution in [2.75, 3.05) is 7.11 Å². The van der Waals surface area contributed by atoms with Gasteiger partial charge in [-0.1, -0.05) is 26.0 Å². The van der Waals surface area contributed by atoms with Gasteiger partial charge in [0.1, 0.15) is 5.75 Å². The van der Waals surface area contributed by atoms with Crippen molar-refractivity contribution < 1.29 is 19.7 Å². The molecule has 4 heteroatoms. The molecule has 0 spiro atoms. The minimum absolute atomic E-state index is 0.000744. The van der Waals surface area contributed by atoms with Crippen molar-refractivity contribution in [3.8, 4) is 5.75 Å². The summed E-state index contributed by atoms with van der Waals surface area (Å²) in [4.78, 5) is 11.4. The van der Waals surface area contributed by atoms with Crippen LogP contribution < -0.4 is 0 Å². The highest BCUT2D eigenvalue weighted by Crippen LogP contribution is 2.27.